The van der Waals surface area contributed by atoms with Crippen molar-refractivity contribution < 1.29 is 9.90 Å². The third-order valence-corrected chi connectivity index (χ3v) is 5.71. The van der Waals surface area contributed by atoms with E-state index in [4.69, 9.17) is 5.11 Å². The van der Waals surface area contributed by atoms with Gasteiger partial charge in [-0.1, -0.05) is 49.8 Å². The van der Waals surface area contributed by atoms with Crippen LogP contribution in [0, 0.1) is 11.8 Å². The summed E-state index contributed by atoms with van der Waals surface area (Å²) in [7, 11) is 0. The zero-order valence-corrected chi connectivity index (χ0v) is 12.8. The summed E-state index contributed by atoms with van der Waals surface area (Å²) in [5, 5.41) is 21.0. The average Bonchev–Trinajstić information content (AvgIpc) is 2.80. The smallest absolute Gasteiger partial charge is 0.313 e. The van der Waals surface area contributed by atoms with E-state index in [9.17, 15) is 4.79 Å². The monoisotopic (exact) mass is 301 g/mol. The molecule has 1 aromatic heterocycles. The van der Waals surface area contributed by atoms with Gasteiger partial charge in [0.1, 0.15) is 0 Å². The maximum atomic E-state index is 10.5. The Bertz CT molecular complexity index is 438. The lowest BCUT2D eigenvalue weighted by Crippen LogP contribution is -2.34. The van der Waals surface area contributed by atoms with Crippen molar-refractivity contribution >= 4 is 34.2 Å². The summed E-state index contributed by atoms with van der Waals surface area (Å²) in [4.78, 5) is 10.5. The molecule has 0 aromatic carbocycles. The summed E-state index contributed by atoms with van der Waals surface area (Å²) < 4.78 is 0.710. The molecule has 7 heteroatoms. The Labute approximate surface area is 121 Å². The number of rotatable bonds is 5. The first-order valence-corrected chi connectivity index (χ1v) is 8.31. The lowest BCUT2D eigenvalue weighted by Gasteiger charge is -2.34. The number of hydrogen-bond acceptors (Lipinski definition) is 6. The lowest BCUT2D eigenvalue weighted by atomic mass is 9.78. The van der Waals surface area contributed by atoms with E-state index in [0.717, 1.165) is 11.0 Å². The summed E-state index contributed by atoms with van der Waals surface area (Å²) in [5.41, 5.74) is 0. The molecule has 1 aromatic rings. The second-order valence-electron chi connectivity index (χ2n) is 5.07. The largest absolute Gasteiger partial charge is 0.481 e. The van der Waals surface area contributed by atoms with Crippen LogP contribution in [0.5, 0.6) is 0 Å². The van der Waals surface area contributed by atoms with Crippen LogP contribution in [-0.4, -0.2) is 33.1 Å². The first kappa shape index (κ1) is 14.6. The van der Waals surface area contributed by atoms with Crippen molar-refractivity contribution in [3.8, 4) is 0 Å². The predicted octanol–water partition coefficient (Wildman–Crippen LogP) is 2.95. The standard InChI is InChI=1S/C12H19N3O2S2/c1-7-4-3-5-9(8(7)2)13-11-14-15-12(19-11)18-6-10(16)17/h7-9H,3-6H2,1-2H3,(H,13,14)(H,16,17). The number of carboxylic acids is 1. The quantitative estimate of drug-likeness (QED) is 0.814. The molecule has 5 nitrogen and oxygen atoms in total. The number of nitrogens with zero attached hydrogens (tertiary/aromatic N) is 2. The predicted molar refractivity (Wildman–Crippen MR) is 77.9 cm³/mol. The number of carboxylic acid groups (broad SMARTS) is 1. The number of aromatic nitrogens is 2. The minimum atomic E-state index is -0.829. The van der Waals surface area contributed by atoms with Crippen LogP contribution in [0.3, 0.4) is 0 Å². The maximum absolute atomic E-state index is 10.5. The fraction of sp³-hybridized carbons (Fsp3) is 0.750. The van der Waals surface area contributed by atoms with Crippen molar-refractivity contribution in [2.45, 2.75) is 43.5 Å². The van der Waals surface area contributed by atoms with Crippen molar-refractivity contribution in [2.24, 2.45) is 11.8 Å². The Kier molecular flexibility index (Phi) is 5.04. The normalized spacial score (nSPS) is 27.2. The van der Waals surface area contributed by atoms with Gasteiger partial charge in [0.25, 0.3) is 0 Å². The second-order valence-corrected chi connectivity index (χ2v) is 7.27. The van der Waals surface area contributed by atoms with Crippen LogP contribution in [0.1, 0.15) is 33.1 Å². The minimum Gasteiger partial charge on any atom is -0.481 e. The summed E-state index contributed by atoms with van der Waals surface area (Å²) in [6, 6.07) is 0.453. The van der Waals surface area contributed by atoms with Crippen molar-refractivity contribution in [3.05, 3.63) is 0 Å². The summed E-state index contributed by atoms with van der Waals surface area (Å²) in [6.07, 6.45) is 3.72. The van der Waals surface area contributed by atoms with E-state index in [0.29, 0.717) is 16.3 Å². The van der Waals surface area contributed by atoms with Gasteiger partial charge in [-0.2, -0.15) is 0 Å². The first-order valence-electron chi connectivity index (χ1n) is 6.51. The van der Waals surface area contributed by atoms with Crippen molar-refractivity contribution in [3.63, 3.8) is 0 Å². The average molecular weight is 301 g/mol. The number of hydrogen-bond donors (Lipinski definition) is 2. The van der Waals surface area contributed by atoms with E-state index in [1.807, 2.05) is 0 Å². The molecule has 1 saturated carbocycles. The van der Waals surface area contributed by atoms with E-state index >= 15 is 0 Å². The molecule has 0 amide bonds. The van der Waals surface area contributed by atoms with Gasteiger partial charge in [0.2, 0.25) is 5.13 Å². The third kappa shape index (κ3) is 4.07. The van der Waals surface area contributed by atoms with Crippen molar-refractivity contribution in [1.82, 2.24) is 10.2 Å². The SMILES string of the molecule is CC1CCCC(Nc2nnc(SCC(=O)O)s2)C1C. The van der Waals surface area contributed by atoms with Gasteiger partial charge in [0.15, 0.2) is 4.34 Å². The fourth-order valence-electron chi connectivity index (χ4n) is 2.39. The van der Waals surface area contributed by atoms with E-state index in [2.05, 4.69) is 29.4 Å². The second kappa shape index (κ2) is 6.56. The molecule has 1 heterocycles. The van der Waals surface area contributed by atoms with E-state index in [1.165, 1.54) is 42.4 Å². The molecule has 2 rings (SSSR count). The van der Waals surface area contributed by atoms with E-state index < -0.39 is 5.97 Å². The minimum absolute atomic E-state index is 0.0332. The Morgan fingerprint density at radius 1 is 1.47 bits per heavy atom. The molecule has 1 fully saturated rings. The van der Waals surface area contributed by atoms with Crippen LogP contribution in [0.2, 0.25) is 0 Å². The molecule has 3 unspecified atom stereocenters. The fourth-order valence-corrected chi connectivity index (χ4v) is 3.93. The molecule has 0 bridgehead atoms. The van der Waals surface area contributed by atoms with Crippen LogP contribution in [-0.2, 0) is 4.79 Å². The number of carbonyl (C=O) groups is 1. The highest BCUT2D eigenvalue weighted by atomic mass is 32.2. The van der Waals surface area contributed by atoms with Gasteiger partial charge < -0.3 is 10.4 Å². The zero-order chi connectivity index (χ0) is 13.8. The van der Waals surface area contributed by atoms with Gasteiger partial charge in [0, 0.05) is 6.04 Å². The number of anilines is 1. The molecule has 0 aliphatic heterocycles. The molecular formula is C12H19N3O2S2. The Hall–Kier alpha value is -0.820. The number of thioether (sulfide) groups is 1. The molecule has 2 N–H and O–H groups in total. The van der Waals surface area contributed by atoms with Gasteiger partial charge in [-0.15, -0.1) is 10.2 Å². The van der Waals surface area contributed by atoms with E-state index in [-0.39, 0.29) is 5.75 Å². The summed E-state index contributed by atoms with van der Waals surface area (Å²) in [6.45, 7) is 4.58. The molecule has 0 radical (unpaired) electrons. The molecule has 1 aliphatic carbocycles. The van der Waals surface area contributed by atoms with Crippen LogP contribution in [0.15, 0.2) is 4.34 Å². The molecule has 0 spiro atoms. The van der Waals surface area contributed by atoms with Gasteiger partial charge >= 0.3 is 5.97 Å². The third-order valence-electron chi connectivity index (χ3n) is 3.74. The van der Waals surface area contributed by atoms with Gasteiger partial charge in [0.05, 0.1) is 5.75 Å². The molecule has 106 valence electrons. The topological polar surface area (TPSA) is 75.1 Å². The Morgan fingerprint density at radius 3 is 3.00 bits per heavy atom. The van der Waals surface area contributed by atoms with Gasteiger partial charge in [-0.25, -0.2) is 0 Å². The number of aliphatic carboxylic acids is 1. The Balaban J connectivity index is 1.90. The lowest BCUT2D eigenvalue weighted by molar-refractivity contribution is -0.133. The zero-order valence-electron chi connectivity index (χ0n) is 11.1. The highest BCUT2D eigenvalue weighted by Gasteiger charge is 2.27. The first-order chi connectivity index (χ1) is 9.06. The highest BCUT2D eigenvalue weighted by Crippen LogP contribution is 2.33. The molecule has 1 aliphatic rings. The van der Waals surface area contributed by atoms with Gasteiger partial charge in [-0.3, -0.25) is 4.79 Å². The van der Waals surface area contributed by atoms with Crippen LogP contribution >= 0.6 is 23.1 Å². The van der Waals surface area contributed by atoms with Crippen LogP contribution in [0.4, 0.5) is 5.13 Å². The molecule has 0 saturated heterocycles. The van der Waals surface area contributed by atoms with Crippen molar-refractivity contribution in [1.29, 1.82) is 0 Å². The highest BCUT2D eigenvalue weighted by molar-refractivity contribution is 8.01. The number of nitrogens with one attached hydrogen (secondary N) is 1. The summed E-state index contributed by atoms with van der Waals surface area (Å²) in [5.74, 6) is 0.572. The molecule has 19 heavy (non-hydrogen) atoms. The van der Waals surface area contributed by atoms with Crippen LogP contribution < -0.4 is 5.32 Å². The Morgan fingerprint density at radius 2 is 2.26 bits per heavy atom. The van der Waals surface area contributed by atoms with Crippen molar-refractivity contribution in [2.75, 3.05) is 11.1 Å². The molecule has 3 atom stereocenters. The summed E-state index contributed by atoms with van der Waals surface area (Å²) >= 11 is 2.66. The maximum Gasteiger partial charge on any atom is 0.313 e. The van der Waals surface area contributed by atoms with Crippen LogP contribution in [0.25, 0.3) is 0 Å². The molecular weight excluding hydrogens is 282 g/mol. The van der Waals surface area contributed by atoms with Gasteiger partial charge in [-0.05, 0) is 18.3 Å². The van der Waals surface area contributed by atoms with E-state index in [1.54, 1.807) is 0 Å².